The highest BCUT2D eigenvalue weighted by Crippen LogP contribution is 2.28. The number of nitrogens with one attached hydrogen (secondary N) is 1. The molecule has 0 unspecified atom stereocenters. The zero-order valence-corrected chi connectivity index (χ0v) is 20.3. The average molecular weight is 486 g/mol. The van der Waals surface area contributed by atoms with Crippen LogP contribution in [0.3, 0.4) is 0 Å². The van der Waals surface area contributed by atoms with Crippen molar-refractivity contribution in [1.82, 2.24) is 10.2 Å². The fraction of sp³-hybridized carbons (Fsp3) is 0.391. The number of benzene rings is 2. The fourth-order valence-electron chi connectivity index (χ4n) is 3.01. The summed E-state index contributed by atoms with van der Waals surface area (Å²) in [6, 6.07) is 11.3. The SMILES string of the molecule is CC[C@H](C(=O)NC(C)(C)C)N(Cc1c(Cl)cccc1Cl)C(=O)COc1ccccc1Cl. The van der Waals surface area contributed by atoms with Gasteiger partial charge in [-0.1, -0.05) is 59.9 Å². The summed E-state index contributed by atoms with van der Waals surface area (Å²) in [6.07, 6.45) is 0.405. The molecule has 0 fully saturated rings. The van der Waals surface area contributed by atoms with Crippen LogP contribution in [-0.2, 0) is 16.1 Å². The second-order valence-corrected chi connectivity index (χ2v) is 9.33. The number of carbonyl (C=O) groups is 2. The van der Waals surface area contributed by atoms with E-state index in [2.05, 4.69) is 5.32 Å². The van der Waals surface area contributed by atoms with E-state index in [4.69, 9.17) is 39.5 Å². The van der Waals surface area contributed by atoms with Crippen LogP contribution in [0.2, 0.25) is 15.1 Å². The van der Waals surface area contributed by atoms with Crippen molar-refractivity contribution in [3.8, 4) is 5.75 Å². The van der Waals surface area contributed by atoms with Gasteiger partial charge in [0.1, 0.15) is 11.8 Å². The first kappa shape index (κ1) is 25.3. The summed E-state index contributed by atoms with van der Waals surface area (Å²) in [4.78, 5) is 27.7. The molecule has 0 radical (unpaired) electrons. The van der Waals surface area contributed by atoms with Gasteiger partial charge in [0.2, 0.25) is 5.91 Å². The number of hydrogen-bond acceptors (Lipinski definition) is 3. The average Bonchev–Trinajstić information content (AvgIpc) is 2.67. The van der Waals surface area contributed by atoms with Gasteiger partial charge in [0.15, 0.2) is 6.61 Å². The number of halogens is 3. The van der Waals surface area contributed by atoms with Gasteiger partial charge in [0.25, 0.3) is 5.91 Å². The molecule has 0 saturated heterocycles. The third-order valence-electron chi connectivity index (χ3n) is 4.46. The predicted octanol–water partition coefficient (Wildman–Crippen LogP) is 5.75. The van der Waals surface area contributed by atoms with Gasteiger partial charge < -0.3 is 15.0 Å². The Hall–Kier alpha value is -1.95. The van der Waals surface area contributed by atoms with Gasteiger partial charge in [-0.2, -0.15) is 0 Å². The molecule has 31 heavy (non-hydrogen) atoms. The number of carbonyl (C=O) groups excluding carboxylic acids is 2. The maximum Gasteiger partial charge on any atom is 0.261 e. The lowest BCUT2D eigenvalue weighted by molar-refractivity contribution is -0.143. The van der Waals surface area contributed by atoms with Crippen LogP contribution >= 0.6 is 34.8 Å². The van der Waals surface area contributed by atoms with Gasteiger partial charge in [-0.25, -0.2) is 0 Å². The Labute approximate surface area is 198 Å². The molecule has 2 rings (SSSR count). The molecule has 0 aliphatic heterocycles. The van der Waals surface area contributed by atoms with Crippen molar-refractivity contribution in [2.75, 3.05) is 6.61 Å². The van der Waals surface area contributed by atoms with E-state index in [-0.39, 0.29) is 25.0 Å². The Balaban J connectivity index is 2.32. The van der Waals surface area contributed by atoms with Gasteiger partial charge in [-0.05, 0) is 51.5 Å². The monoisotopic (exact) mass is 484 g/mol. The normalized spacial score (nSPS) is 12.2. The van der Waals surface area contributed by atoms with Crippen LogP contribution in [0, 0.1) is 0 Å². The summed E-state index contributed by atoms with van der Waals surface area (Å²) in [6.45, 7) is 7.28. The molecular formula is C23H27Cl3N2O3. The largest absolute Gasteiger partial charge is 0.482 e. The van der Waals surface area contributed by atoms with E-state index >= 15 is 0 Å². The predicted molar refractivity (Wildman–Crippen MR) is 126 cm³/mol. The highest BCUT2D eigenvalue weighted by molar-refractivity contribution is 6.36. The molecule has 2 aromatic carbocycles. The topological polar surface area (TPSA) is 58.6 Å². The minimum Gasteiger partial charge on any atom is -0.482 e. The van der Waals surface area contributed by atoms with Gasteiger partial charge in [-0.15, -0.1) is 0 Å². The lowest BCUT2D eigenvalue weighted by atomic mass is 10.1. The zero-order valence-electron chi connectivity index (χ0n) is 18.0. The van der Waals surface area contributed by atoms with Gasteiger partial charge in [-0.3, -0.25) is 9.59 Å². The molecule has 8 heteroatoms. The van der Waals surface area contributed by atoms with E-state index in [0.717, 1.165) is 0 Å². The minimum atomic E-state index is -0.728. The van der Waals surface area contributed by atoms with E-state index in [1.807, 2.05) is 27.7 Å². The highest BCUT2D eigenvalue weighted by atomic mass is 35.5. The van der Waals surface area contributed by atoms with E-state index in [1.54, 1.807) is 42.5 Å². The number of ether oxygens (including phenoxy) is 1. The maximum atomic E-state index is 13.2. The van der Waals surface area contributed by atoms with Crippen LogP contribution in [0.1, 0.15) is 39.7 Å². The van der Waals surface area contributed by atoms with Crippen molar-refractivity contribution in [3.05, 3.63) is 63.1 Å². The standard InChI is InChI=1S/C23H27Cl3N2O3/c1-5-19(22(30)27-23(2,3)4)28(13-15-16(24)10-8-11-17(15)25)21(29)14-31-20-12-7-6-9-18(20)26/h6-12,19H,5,13-14H2,1-4H3,(H,27,30)/t19-/m1/s1. The Kier molecular flexibility index (Phi) is 9.04. The van der Waals surface area contributed by atoms with E-state index < -0.39 is 11.6 Å². The fourth-order valence-corrected chi connectivity index (χ4v) is 3.72. The van der Waals surface area contributed by atoms with Crippen LogP contribution in [0.4, 0.5) is 0 Å². The zero-order chi connectivity index (χ0) is 23.2. The van der Waals surface area contributed by atoms with Crippen molar-refractivity contribution in [2.24, 2.45) is 0 Å². The molecule has 0 heterocycles. The summed E-state index contributed by atoms with van der Waals surface area (Å²) < 4.78 is 5.63. The van der Waals surface area contributed by atoms with Gasteiger partial charge >= 0.3 is 0 Å². The smallest absolute Gasteiger partial charge is 0.261 e. The van der Waals surface area contributed by atoms with E-state index in [1.165, 1.54) is 4.90 Å². The lowest BCUT2D eigenvalue weighted by Gasteiger charge is -2.33. The van der Waals surface area contributed by atoms with Crippen LogP contribution < -0.4 is 10.1 Å². The Morgan fingerprint density at radius 2 is 1.58 bits per heavy atom. The molecule has 168 valence electrons. The second kappa shape index (κ2) is 11.1. The van der Waals surface area contributed by atoms with Crippen LogP contribution in [0.15, 0.2) is 42.5 Å². The van der Waals surface area contributed by atoms with Crippen LogP contribution in [-0.4, -0.2) is 34.9 Å². The molecule has 2 amide bonds. The second-order valence-electron chi connectivity index (χ2n) is 8.10. The molecule has 0 aliphatic carbocycles. The number of amides is 2. The van der Waals surface area contributed by atoms with Crippen molar-refractivity contribution in [1.29, 1.82) is 0 Å². The number of nitrogens with zero attached hydrogens (tertiary/aromatic N) is 1. The van der Waals surface area contributed by atoms with Crippen molar-refractivity contribution < 1.29 is 14.3 Å². The first-order valence-electron chi connectivity index (χ1n) is 9.95. The minimum absolute atomic E-state index is 0.0687. The summed E-state index contributed by atoms with van der Waals surface area (Å²) in [5.41, 5.74) is 0.119. The third-order valence-corrected chi connectivity index (χ3v) is 5.48. The summed E-state index contributed by atoms with van der Waals surface area (Å²) >= 11 is 18.8. The van der Waals surface area contributed by atoms with Gasteiger partial charge in [0.05, 0.1) is 5.02 Å². The maximum absolute atomic E-state index is 13.2. The van der Waals surface area contributed by atoms with Crippen molar-refractivity contribution in [2.45, 2.75) is 52.2 Å². The Bertz CT molecular complexity index is 908. The third kappa shape index (κ3) is 7.30. The molecule has 2 aromatic rings. The first-order chi connectivity index (χ1) is 14.5. The molecule has 1 atom stereocenters. The summed E-state index contributed by atoms with van der Waals surface area (Å²) in [5, 5.41) is 4.18. The molecule has 0 saturated carbocycles. The quantitative estimate of drug-likeness (QED) is 0.518. The Morgan fingerprint density at radius 1 is 1.00 bits per heavy atom. The molecule has 0 aliphatic rings. The van der Waals surface area contributed by atoms with Gasteiger partial charge in [0, 0.05) is 27.7 Å². The molecule has 0 spiro atoms. The highest BCUT2D eigenvalue weighted by Gasteiger charge is 2.31. The molecule has 0 aromatic heterocycles. The van der Waals surface area contributed by atoms with Crippen LogP contribution in [0.5, 0.6) is 5.75 Å². The Morgan fingerprint density at radius 3 is 2.13 bits per heavy atom. The number of hydrogen-bond donors (Lipinski definition) is 1. The number of rotatable bonds is 8. The number of para-hydroxylation sites is 1. The van der Waals surface area contributed by atoms with Crippen molar-refractivity contribution >= 4 is 46.6 Å². The van der Waals surface area contributed by atoms with Crippen molar-refractivity contribution in [3.63, 3.8) is 0 Å². The molecule has 5 nitrogen and oxygen atoms in total. The lowest BCUT2D eigenvalue weighted by Crippen LogP contribution is -2.54. The van der Waals surface area contributed by atoms with Crippen LogP contribution in [0.25, 0.3) is 0 Å². The summed E-state index contributed by atoms with van der Waals surface area (Å²) in [5.74, 6) is -0.253. The van der Waals surface area contributed by atoms with E-state index in [9.17, 15) is 9.59 Å². The first-order valence-corrected chi connectivity index (χ1v) is 11.1. The molecule has 0 bridgehead atoms. The van der Waals surface area contributed by atoms with E-state index in [0.29, 0.717) is 32.8 Å². The molecular weight excluding hydrogens is 459 g/mol. The summed E-state index contributed by atoms with van der Waals surface area (Å²) in [7, 11) is 0. The molecule has 1 N–H and O–H groups in total.